The Balaban J connectivity index is 1.79. The first kappa shape index (κ1) is 17.4. The van der Waals surface area contributed by atoms with Crippen molar-refractivity contribution in [3.8, 4) is 11.5 Å². The average molecular weight is 326 g/mol. The number of nitrogens with one attached hydrogen (secondary N) is 2. The topological polar surface area (TPSA) is 59.6 Å². The number of carbonyl (C=O) groups excluding carboxylic acids is 1. The Morgan fingerprint density at radius 2 is 1.58 bits per heavy atom. The standard InChI is InChI=1S/C19H22N2O3/c1-14(2)13-24-18-10-4-15(5-11-18)20-12-19(22)21-16-6-8-17(23-3)9-7-16/h4-11,20H,1,12-13H2,2-3H3,(H,21,22). The summed E-state index contributed by atoms with van der Waals surface area (Å²) < 4.78 is 10.6. The minimum atomic E-state index is -0.122. The Hall–Kier alpha value is -2.95. The Morgan fingerprint density at radius 1 is 1.00 bits per heavy atom. The second-order valence-electron chi connectivity index (χ2n) is 5.40. The lowest BCUT2D eigenvalue weighted by Gasteiger charge is -2.10. The Kier molecular flexibility index (Phi) is 6.25. The van der Waals surface area contributed by atoms with E-state index in [1.54, 1.807) is 31.4 Å². The maximum Gasteiger partial charge on any atom is 0.243 e. The van der Waals surface area contributed by atoms with Crippen molar-refractivity contribution in [2.75, 3.05) is 30.9 Å². The Labute approximate surface area is 142 Å². The molecule has 5 nitrogen and oxygen atoms in total. The van der Waals surface area contributed by atoms with Crippen LogP contribution in [0.3, 0.4) is 0 Å². The normalized spacial score (nSPS) is 9.92. The number of hydrogen-bond donors (Lipinski definition) is 2. The third-order valence-corrected chi connectivity index (χ3v) is 3.17. The zero-order valence-electron chi connectivity index (χ0n) is 14.0. The van der Waals surface area contributed by atoms with Gasteiger partial charge in [0.15, 0.2) is 0 Å². The van der Waals surface area contributed by atoms with Crippen LogP contribution in [0.25, 0.3) is 0 Å². The highest BCUT2D eigenvalue weighted by atomic mass is 16.5. The number of hydrogen-bond acceptors (Lipinski definition) is 4. The predicted molar refractivity (Wildman–Crippen MR) is 96.9 cm³/mol. The van der Waals surface area contributed by atoms with Crippen molar-refractivity contribution in [1.29, 1.82) is 0 Å². The number of methoxy groups -OCH3 is 1. The first-order chi connectivity index (χ1) is 11.6. The van der Waals surface area contributed by atoms with Crippen LogP contribution in [0.5, 0.6) is 11.5 Å². The van der Waals surface area contributed by atoms with E-state index in [1.807, 2.05) is 31.2 Å². The molecule has 0 aromatic heterocycles. The monoisotopic (exact) mass is 326 g/mol. The molecule has 0 spiro atoms. The lowest BCUT2D eigenvalue weighted by atomic mass is 10.3. The molecular formula is C19H22N2O3. The zero-order chi connectivity index (χ0) is 17.4. The summed E-state index contributed by atoms with van der Waals surface area (Å²) in [5, 5.41) is 5.89. The van der Waals surface area contributed by atoms with Crippen LogP contribution >= 0.6 is 0 Å². The molecule has 0 fully saturated rings. The molecule has 2 rings (SSSR count). The highest BCUT2D eigenvalue weighted by Crippen LogP contribution is 2.17. The number of carbonyl (C=O) groups is 1. The fourth-order valence-electron chi connectivity index (χ4n) is 1.94. The lowest BCUT2D eigenvalue weighted by molar-refractivity contribution is -0.114. The van der Waals surface area contributed by atoms with E-state index in [-0.39, 0.29) is 12.5 Å². The summed E-state index contributed by atoms with van der Waals surface area (Å²) in [6, 6.07) is 14.6. The second-order valence-corrected chi connectivity index (χ2v) is 5.40. The lowest BCUT2D eigenvalue weighted by Crippen LogP contribution is -2.21. The quantitative estimate of drug-likeness (QED) is 0.726. The van der Waals surface area contributed by atoms with Crippen LogP contribution in [0.2, 0.25) is 0 Å². The van der Waals surface area contributed by atoms with Gasteiger partial charge in [-0.15, -0.1) is 0 Å². The number of rotatable bonds is 8. The van der Waals surface area contributed by atoms with E-state index in [0.717, 1.165) is 28.4 Å². The predicted octanol–water partition coefficient (Wildman–Crippen LogP) is 3.70. The van der Waals surface area contributed by atoms with Crippen molar-refractivity contribution in [3.05, 3.63) is 60.7 Å². The van der Waals surface area contributed by atoms with Crippen LogP contribution in [-0.4, -0.2) is 26.2 Å². The fourth-order valence-corrected chi connectivity index (χ4v) is 1.94. The Morgan fingerprint density at radius 3 is 2.17 bits per heavy atom. The molecule has 0 atom stereocenters. The number of benzene rings is 2. The van der Waals surface area contributed by atoms with E-state index >= 15 is 0 Å². The van der Waals surface area contributed by atoms with Gasteiger partial charge in [-0.05, 0) is 61.0 Å². The molecule has 0 radical (unpaired) electrons. The van der Waals surface area contributed by atoms with Gasteiger partial charge in [0.2, 0.25) is 5.91 Å². The summed E-state index contributed by atoms with van der Waals surface area (Å²) in [6.07, 6.45) is 0. The molecule has 2 N–H and O–H groups in total. The van der Waals surface area contributed by atoms with Crippen molar-refractivity contribution in [1.82, 2.24) is 0 Å². The van der Waals surface area contributed by atoms with Crippen molar-refractivity contribution < 1.29 is 14.3 Å². The van der Waals surface area contributed by atoms with E-state index in [9.17, 15) is 4.79 Å². The molecule has 0 saturated carbocycles. The first-order valence-electron chi connectivity index (χ1n) is 7.62. The van der Waals surface area contributed by atoms with Gasteiger partial charge >= 0.3 is 0 Å². The molecule has 0 bridgehead atoms. The van der Waals surface area contributed by atoms with Gasteiger partial charge in [-0.25, -0.2) is 0 Å². The number of anilines is 2. The van der Waals surface area contributed by atoms with Crippen LogP contribution in [0.15, 0.2) is 60.7 Å². The minimum absolute atomic E-state index is 0.122. The molecule has 126 valence electrons. The van der Waals surface area contributed by atoms with Crippen LogP contribution < -0.4 is 20.1 Å². The third kappa shape index (κ3) is 5.68. The molecule has 0 aliphatic heterocycles. The molecule has 0 heterocycles. The van der Waals surface area contributed by atoms with E-state index in [0.29, 0.717) is 6.61 Å². The summed E-state index contributed by atoms with van der Waals surface area (Å²) in [6.45, 7) is 6.38. The second kappa shape index (κ2) is 8.62. The summed E-state index contributed by atoms with van der Waals surface area (Å²) in [5.41, 5.74) is 2.54. The molecular weight excluding hydrogens is 304 g/mol. The summed E-state index contributed by atoms with van der Waals surface area (Å²) >= 11 is 0. The average Bonchev–Trinajstić information content (AvgIpc) is 2.59. The molecule has 2 aromatic rings. The minimum Gasteiger partial charge on any atom is -0.497 e. The van der Waals surface area contributed by atoms with Gasteiger partial charge in [0, 0.05) is 11.4 Å². The van der Waals surface area contributed by atoms with Crippen molar-refractivity contribution in [3.63, 3.8) is 0 Å². The molecule has 24 heavy (non-hydrogen) atoms. The summed E-state index contributed by atoms with van der Waals surface area (Å²) in [5.74, 6) is 1.40. The van der Waals surface area contributed by atoms with E-state index in [1.165, 1.54) is 0 Å². The van der Waals surface area contributed by atoms with Gasteiger partial charge < -0.3 is 20.1 Å². The van der Waals surface area contributed by atoms with Crippen LogP contribution in [0.1, 0.15) is 6.92 Å². The fraction of sp³-hybridized carbons (Fsp3) is 0.211. The maximum absolute atomic E-state index is 11.9. The van der Waals surface area contributed by atoms with Gasteiger partial charge in [-0.1, -0.05) is 6.58 Å². The van der Waals surface area contributed by atoms with Gasteiger partial charge in [0.1, 0.15) is 18.1 Å². The summed E-state index contributed by atoms with van der Waals surface area (Å²) in [4.78, 5) is 11.9. The SMILES string of the molecule is C=C(C)COc1ccc(NCC(=O)Nc2ccc(OC)cc2)cc1. The Bertz CT molecular complexity index is 679. The van der Waals surface area contributed by atoms with Gasteiger partial charge in [-0.3, -0.25) is 4.79 Å². The van der Waals surface area contributed by atoms with Crippen molar-refractivity contribution in [2.45, 2.75) is 6.92 Å². The molecule has 1 amide bonds. The molecule has 5 heteroatoms. The van der Waals surface area contributed by atoms with Crippen molar-refractivity contribution in [2.24, 2.45) is 0 Å². The first-order valence-corrected chi connectivity index (χ1v) is 7.62. The molecule has 2 aromatic carbocycles. The van der Waals surface area contributed by atoms with E-state index in [4.69, 9.17) is 9.47 Å². The largest absolute Gasteiger partial charge is 0.497 e. The third-order valence-electron chi connectivity index (χ3n) is 3.17. The van der Waals surface area contributed by atoms with Gasteiger partial charge in [-0.2, -0.15) is 0 Å². The number of amides is 1. The highest BCUT2D eigenvalue weighted by molar-refractivity contribution is 5.93. The zero-order valence-corrected chi connectivity index (χ0v) is 14.0. The van der Waals surface area contributed by atoms with Gasteiger partial charge in [0.25, 0.3) is 0 Å². The van der Waals surface area contributed by atoms with E-state index in [2.05, 4.69) is 17.2 Å². The van der Waals surface area contributed by atoms with Crippen LogP contribution in [0.4, 0.5) is 11.4 Å². The highest BCUT2D eigenvalue weighted by Gasteiger charge is 2.03. The summed E-state index contributed by atoms with van der Waals surface area (Å²) in [7, 11) is 1.60. The van der Waals surface area contributed by atoms with Crippen LogP contribution in [0, 0.1) is 0 Å². The molecule has 0 aliphatic rings. The maximum atomic E-state index is 11.9. The van der Waals surface area contributed by atoms with Gasteiger partial charge in [0.05, 0.1) is 13.7 Å². The molecule has 0 aliphatic carbocycles. The van der Waals surface area contributed by atoms with Crippen LogP contribution in [-0.2, 0) is 4.79 Å². The van der Waals surface area contributed by atoms with Crippen molar-refractivity contribution >= 4 is 17.3 Å². The molecule has 0 saturated heterocycles. The van der Waals surface area contributed by atoms with E-state index < -0.39 is 0 Å². The smallest absolute Gasteiger partial charge is 0.243 e. The molecule has 0 unspecified atom stereocenters. The number of ether oxygens (including phenoxy) is 2.